The molecule has 0 bridgehead atoms. The predicted octanol–water partition coefficient (Wildman–Crippen LogP) is 0.964. The van der Waals surface area contributed by atoms with Crippen LogP contribution in [0.2, 0.25) is 0 Å². The zero-order chi connectivity index (χ0) is 13.9. The molecule has 2 N–H and O–H groups in total. The van der Waals surface area contributed by atoms with Crippen molar-refractivity contribution >= 4 is 28.2 Å². The predicted molar refractivity (Wildman–Crippen MR) is 79.3 cm³/mol. The summed E-state index contributed by atoms with van der Waals surface area (Å²) in [6.45, 7) is 3.51. The second-order valence-electron chi connectivity index (χ2n) is 4.54. The molecule has 1 saturated heterocycles. The van der Waals surface area contributed by atoms with Gasteiger partial charge in [0, 0.05) is 37.8 Å². The molecule has 2 aromatic rings. The summed E-state index contributed by atoms with van der Waals surface area (Å²) in [7, 11) is 0. The van der Waals surface area contributed by atoms with E-state index in [4.69, 9.17) is 5.73 Å². The number of thiazole rings is 1. The molecule has 104 valence electrons. The second-order valence-corrected chi connectivity index (χ2v) is 5.38. The minimum absolute atomic E-state index is 0.345. The van der Waals surface area contributed by atoms with Crippen molar-refractivity contribution in [3.63, 3.8) is 0 Å². The molecular formula is C13H15N5OS. The highest BCUT2D eigenvalue weighted by Gasteiger charge is 2.20. The molecule has 3 rings (SSSR count). The third-order valence-electron chi connectivity index (χ3n) is 3.27. The standard InChI is InChI=1S/C13H15N5OS/c14-12(19)10-9-20-13(16-10)18-7-5-17(6-8-18)11-3-1-2-4-15-11/h1-4,9H,5-8H2,(H2,14,19). The molecule has 1 fully saturated rings. The fourth-order valence-electron chi connectivity index (χ4n) is 2.19. The van der Waals surface area contributed by atoms with Gasteiger partial charge < -0.3 is 15.5 Å². The van der Waals surface area contributed by atoms with Crippen molar-refractivity contribution in [2.75, 3.05) is 36.0 Å². The zero-order valence-corrected chi connectivity index (χ0v) is 11.7. The first kappa shape index (κ1) is 12.9. The molecule has 1 aliphatic rings. The van der Waals surface area contributed by atoms with E-state index < -0.39 is 5.91 Å². The lowest BCUT2D eigenvalue weighted by Gasteiger charge is -2.35. The van der Waals surface area contributed by atoms with Crippen LogP contribution in [0.5, 0.6) is 0 Å². The number of piperazine rings is 1. The van der Waals surface area contributed by atoms with Gasteiger partial charge in [-0.15, -0.1) is 11.3 Å². The molecule has 6 nitrogen and oxygen atoms in total. The Hall–Kier alpha value is -2.15. The van der Waals surface area contributed by atoms with Crippen LogP contribution in [-0.2, 0) is 0 Å². The normalized spacial score (nSPS) is 15.4. The first-order valence-electron chi connectivity index (χ1n) is 6.40. The SMILES string of the molecule is NC(=O)c1csc(N2CCN(c3ccccn3)CC2)n1. The molecule has 20 heavy (non-hydrogen) atoms. The third-order valence-corrected chi connectivity index (χ3v) is 4.17. The van der Waals surface area contributed by atoms with E-state index >= 15 is 0 Å². The average molecular weight is 289 g/mol. The summed E-state index contributed by atoms with van der Waals surface area (Å²) in [5, 5.41) is 2.57. The van der Waals surface area contributed by atoms with Gasteiger partial charge in [-0.1, -0.05) is 6.07 Å². The molecular weight excluding hydrogens is 274 g/mol. The van der Waals surface area contributed by atoms with Crippen LogP contribution in [0.25, 0.3) is 0 Å². The Morgan fingerprint density at radius 1 is 1.20 bits per heavy atom. The van der Waals surface area contributed by atoms with Crippen molar-refractivity contribution in [3.05, 3.63) is 35.5 Å². The number of rotatable bonds is 3. The van der Waals surface area contributed by atoms with Gasteiger partial charge in [0.15, 0.2) is 5.13 Å². The summed E-state index contributed by atoms with van der Waals surface area (Å²) in [6, 6.07) is 5.93. The Labute approximate surface area is 120 Å². The number of primary amides is 1. The van der Waals surface area contributed by atoms with Crippen LogP contribution in [0.1, 0.15) is 10.5 Å². The molecule has 0 atom stereocenters. The summed E-state index contributed by atoms with van der Waals surface area (Å²) in [6.07, 6.45) is 1.81. The lowest BCUT2D eigenvalue weighted by atomic mass is 10.3. The van der Waals surface area contributed by atoms with Gasteiger partial charge in [-0.2, -0.15) is 0 Å². The largest absolute Gasteiger partial charge is 0.364 e. The lowest BCUT2D eigenvalue weighted by Crippen LogP contribution is -2.46. The highest BCUT2D eigenvalue weighted by atomic mass is 32.1. The van der Waals surface area contributed by atoms with Crippen LogP contribution in [-0.4, -0.2) is 42.1 Å². The van der Waals surface area contributed by atoms with Crippen LogP contribution in [0.15, 0.2) is 29.8 Å². The maximum atomic E-state index is 11.1. The number of pyridine rings is 1. The molecule has 1 amide bonds. The monoisotopic (exact) mass is 289 g/mol. The van der Waals surface area contributed by atoms with E-state index in [-0.39, 0.29) is 0 Å². The molecule has 0 radical (unpaired) electrons. The first-order valence-corrected chi connectivity index (χ1v) is 7.28. The summed E-state index contributed by atoms with van der Waals surface area (Å²) >= 11 is 1.46. The van der Waals surface area contributed by atoms with Gasteiger partial charge in [0.2, 0.25) is 0 Å². The van der Waals surface area contributed by atoms with Gasteiger partial charge in [-0.3, -0.25) is 4.79 Å². The molecule has 3 heterocycles. The molecule has 0 unspecified atom stereocenters. The van der Waals surface area contributed by atoms with Crippen LogP contribution in [0.4, 0.5) is 10.9 Å². The van der Waals surface area contributed by atoms with Crippen molar-refractivity contribution in [2.45, 2.75) is 0 Å². The van der Waals surface area contributed by atoms with Crippen LogP contribution < -0.4 is 15.5 Å². The molecule has 0 saturated carbocycles. The number of hydrogen-bond donors (Lipinski definition) is 1. The van der Waals surface area contributed by atoms with Crippen molar-refractivity contribution in [3.8, 4) is 0 Å². The molecule has 7 heteroatoms. The van der Waals surface area contributed by atoms with Crippen molar-refractivity contribution in [2.24, 2.45) is 5.73 Å². The van der Waals surface area contributed by atoms with Gasteiger partial charge in [0.25, 0.3) is 5.91 Å². The summed E-state index contributed by atoms with van der Waals surface area (Å²) in [5.74, 6) is 0.531. The Bertz CT molecular complexity index is 592. The van der Waals surface area contributed by atoms with Crippen molar-refractivity contribution < 1.29 is 4.79 Å². The molecule has 1 aliphatic heterocycles. The second kappa shape index (κ2) is 5.46. The highest BCUT2D eigenvalue weighted by molar-refractivity contribution is 7.13. The Balaban J connectivity index is 1.65. The Kier molecular flexibility index (Phi) is 3.51. The number of nitrogens with zero attached hydrogens (tertiary/aromatic N) is 4. The van der Waals surface area contributed by atoms with Crippen LogP contribution in [0, 0.1) is 0 Å². The topological polar surface area (TPSA) is 75.4 Å². The first-order chi connectivity index (χ1) is 9.74. The van der Waals surface area contributed by atoms with E-state index in [2.05, 4.69) is 19.8 Å². The van der Waals surface area contributed by atoms with Crippen molar-refractivity contribution in [1.29, 1.82) is 0 Å². The zero-order valence-electron chi connectivity index (χ0n) is 10.9. The molecule has 0 spiro atoms. The number of carbonyl (C=O) groups excluding carboxylic acids is 1. The highest BCUT2D eigenvalue weighted by Crippen LogP contribution is 2.22. The Morgan fingerprint density at radius 2 is 1.95 bits per heavy atom. The van der Waals surface area contributed by atoms with Gasteiger partial charge in [-0.25, -0.2) is 9.97 Å². The van der Waals surface area contributed by atoms with Gasteiger partial charge in [0.1, 0.15) is 11.5 Å². The van der Waals surface area contributed by atoms with Crippen LogP contribution >= 0.6 is 11.3 Å². The molecule has 2 aromatic heterocycles. The fraction of sp³-hybridized carbons (Fsp3) is 0.308. The van der Waals surface area contributed by atoms with E-state index in [9.17, 15) is 4.79 Å². The van der Waals surface area contributed by atoms with E-state index in [0.29, 0.717) is 5.69 Å². The number of anilines is 2. The van der Waals surface area contributed by atoms with Gasteiger partial charge >= 0.3 is 0 Å². The van der Waals surface area contributed by atoms with E-state index in [1.807, 2.05) is 24.4 Å². The van der Waals surface area contributed by atoms with E-state index in [1.54, 1.807) is 5.38 Å². The maximum Gasteiger partial charge on any atom is 0.268 e. The van der Waals surface area contributed by atoms with Gasteiger partial charge in [-0.05, 0) is 12.1 Å². The van der Waals surface area contributed by atoms with E-state index in [0.717, 1.165) is 37.1 Å². The maximum absolute atomic E-state index is 11.1. The average Bonchev–Trinajstić information content (AvgIpc) is 2.98. The molecule has 0 aromatic carbocycles. The quantitative estimate of drug-likeness (QED) is 0.911. The number of hydrogen-bond acceptors (Lipinski definition) is 6. The van der Waals surface area contributed by atoms with Crippen molar-refractivity contribution in [1.82, 2.24) is 9.97 Å². The third kappa shape index (κ3) is 2.57. The summed E-state index contributed by atoms with van der Waals surface area (Å²) < 4.78 is 0. The number of amides is 1. The lowest BCUT2D eigenvalue weighted by molar-refractivity contribution is 0.0996. The number of aromatic nitrogens is 2. The van der Waals surface area contributed by atoms with Crippen LogP contribution in [0.3, 0.4) is 0 Å². The number of nitrogens with two attached hydrogens (primary N) is 1. The molecule has 0 aliphatic carbocycles. The smallest absolute Gasteiger partial charge is 0.268 e. The van der Waals surface area contributed by atoms with E-state index in [1.165, 1.54) is 11.3 Å². The minimum atomic E-state index is -0.473. The Morgan fingerprint density at radius 3 is 2.55 bits per heavy atom. The fourth-order valence-corrected chi connectivity index (χ4v) is 3.06. The minimum Gasteiger partial charge on any atom is -0.364 e. The van der Waals surface area contributed by atoms with Gasteiger partial charge in [0.05, 0.1) is 0 Å². The number of carbonyl (C=O) groups is 1. The summed E-state index contributed by atoms with van der Waals surface area (Å²) in [5.41, 5.74) is 5.57. The summed E-state index contributed by atoms with van der Waals surface area (Å²) in [4.78, 5) is 24.1.